The lowest BCUT2D eigenvalue weighted by Crippen LogP contribution is -2.06. The summed E-state index contributed by atoms with van der Waals surface area (Å²) in [5, 5.41) is 5.11. The van der Waals surface area contributed by atoms with E-state index in [1.165, 1.54) is 0 Å². The van der Waals surface area contributed by atoms with E-state index in [0.29, 0.717) is 24.1 Å². The highest BCUT2D eigenvalue weighted by molar-refractivity contribution is 6.31. The summed E-state index contributed by atoms with van der Waals surface area (Å²) in [5.74, 6) is 0.654. The summed E-state index contributed by atoms with van der Waals surface area (Å²) < 4.78 is 9.62. The first kappa shape index (κ1) is 12.5. The minimum absolute atomic E-state index is 0.587. The summed E-state index contributed by atoms with van der Waals surface area (Å²) in [5.41, 5.74) is 4.10. The van der Waals surface area contributed by atoms with Gasteiger partial charge in [-0.1, -0.05) is 11.6 Å². The first-order valence-electron chi connectivity index (χ1n) is 6.79. The quantitative estimate of drug-likeness (QED) is 0.571. The second-order valence-corrected chi connectivity index (χ2v) is 5.27. The van der Waals surface area contributed by atoms with Gasteiger partial charge in [-0.3, -0.25) is 9.25 Å². The number of benzene rings is 1. The number of fused-ring (bicyclic) bond motifs is 5. The fourth-order valence-electron chi connectivity index (χ4n) is 2.72. The van der Waals surface area contributed by atoms with E-state index in [1.54, 1.807) is 12.5 Å². The first-order valence-corrected chi connectivity index (χ1v) is 7.17. The molecule has 0 spiro atoms. The Hall–Kier alpha value is -2.27. The van der Waals surface area contributed by atoms with Crippen LogP contribution in [0.5, 0.6) is 5.88 Å². The van der Waals surface area contributed by atoms with Crippen LogP contribution in [0.15, 0.2) is 36.8 Å². The first-order chi connectivity index (χ1) is 10.3. The third-order valence-corrected chi connectivity index (χ3v) is 3.85. The molecule has 2 aromatic heterocycles. The molecule has 0 saturated carbocycles. The highest BCUT2D eigenvalue weighted by Gasteiger charge is 2.23. The molecule has 0 aliphatic carbocycles. The Morgan fingerprint density at radius 3 is 3.10 bits per heavy atom. The Labute approximate surface area is 126 Å². The summed E-state index contributed by atoms with van der Waals surface area (Å²) in [7, 11) is 0. The zero-order chi connectivity index (χ0) is 14.4. The molecule has 5 nitrogen and oxygen atoms in total. The Kier molecular flexibility index (Phi) is 2.75. The van der Waals surface area contributed by atoms with E-state index in [1.807, 2.05) is 40.4 Å². The standard InChI is InChI=1S/C15H13ClN4O/c1-2-21-15-14-8-20-13(5-6-18-20)11-7-10(16)3-4-12(11)19(14)9-17-15/h3-7,9H,2,8H2,1H3. The number of rotatable bonds is 2. The van der Waals surface area contributed by atoms with Crippen LogP contribution in [0.25, 0.3) is 16.9 Å². The van der Waals surface area contributed by atoms with Crippen molar-refractivity contribution in [3.63, 3.8) is 0 Å². The van der Waals surface area contributed by atoms with Crippen molar-refractivity contribution in [3.05, 3.63) is 47.5 Å². The normalized spacial score (nSPS) is 12.3. The van der Waals surface area contributed by atoms with Gasteiger partial charge in [0, 0.05) is 16.8 Å². The summed E-state index contributed by atoms with van der Waals surface area (Å²) >= 11 is 6.17. The molecule has 0 bridgehead atoms. The van der Waals surface area contributed by atoms with E-state index in [0.717, 1.165) is 22.6 Å². The van der Waals surface area contributed by atoms with Crippen LogP contribution in [0, 0.1) is 0 Å². The minimum Gasteiger partial charge on any atom is -0.477 e. The highest BCUT2D eigenvalue weighted by atomic mass is 35.5. The molecule has 4 rings (SSSR count). The average Bonchev–Trinajstić information content (AvgIpc) is 3.06. The minimum atomic E-state index is 0.587. The van der Waals surface area contributed by atoms with Crippen molar-refractivity contribution < 1.29 is 4.74 Å². The van der Waals surface area contributed by atoms with Crippen molar-refractivity contribution in [2.45, 2.75) is 13.5 Å². The van der Waals surface area contributed by atoms with Crippen molar-refractivity contribution in [2.75, 3.05) is 6.61 Å². The van der Waals surface area contributed by atoms with Gasteiger partial charge in [-0.05, 0) is 31.2 Å². The van der Waals surface area contributed by atoms with E-state index >= 15 is 0 Å². The smallest absolute Gasteiger partial charge is 0.237 e. The average molecular weight is 301 g/mol. The molecule has 0 fully saturated rings. The van der Waals surface area contributed by atoms with E-state index in [4.69, 9.17) is 16.3 Å². The summed E-state index contributed by atoms with van der Waals surface area (Å²) in [6, 6.07) is 7.84. The molecule has 106 valence electrons. The Morgan fingerprint density at radius 2 is 2.24 bits per heavy atom. The molecular formula is C15H13ClN4O. The lowest BCUT2D eigenvalue weighted by atomic mass is 10.1. The van der Waals surface area contributed by atoms with E-state index < -0.39 is 0 Å². The molecule has 3 aromatic rings. The largest absolute Gasteiger partial charge is 0.477 e. The molecule has 0 N–H and O–H groups in total. The van der Waals surface area contributed by atoms with Crippen LogP contribution in [0.1, 0.15) is 12.6 Å². The predicted octanol–water partition coefficient (Wildman–Crippen LogP) is 3.15. The SMILES string of the molecule is CCOc1ncn2c1Cn1nccc1-c1cc(Cl)ccc1-2. The van der Waals surface area contributed by atoms with Gasteiger partial charge in [0.15, 0.2) is 0 Å². The van der Waals surface area contributed by atoms with Crippen molar-refractivity contribution in [1.29, 1.82) is 0 Å². The molecule has 0 unspecified atom stereocenters. The highest BCUT2D eigenvalue weighted by Crippen LogP contribution is 2.35. The number of hydrogen-bond donors (Lipinski definition) is 0. The Bertz CT molecular complexity index is 821. The summed E-state index contributed by atoms with van der Waals surface area (Å²) in [6.07, 6.45) is 3.59. The van der Waals surface area contributed by atoms with Crippen molar-refractivity contribution in [2.24, 2.45) is 0 Å². The maximum atomic E-state index is 6.17. The Balaban J connectivity index is 2.02. The van der Waals surface area contributed by atoms with Gasteiger partial charge < -0.3 is 4.74 Å². The third-order valence-electron chi connectivity index (χ3n) is 3.62. The van der Waals surface area contributed by atoms with Gasteiger partial charge in [0.2, 0.25) is 5.88 Å². The molecule has 0 amide bonds. The van der Waals surface area contributed by atoms with Gasteiger partial charge in [-0.25, -0.2) is 4.98 Å². The number of ether oxygens (including phenoxy) is 1. The lowest BCUT2D eigenvalue weighted by molar-refractivity contribution is 0.323. The third kappa shape index (κ3) is 1.85. The van der Waals surface area contributed by atoms with Crippen molar-refractivity contribution in [3.8, 4) is 22.8 Å². The monoisotopic (exact) mass is 300 g/mol. The maximum Gasteiger partial charge on any atom is 0.237 e. The molecule has 0 saturated heterocycles. The van der Waals surface area contributed by atoms with Crippen molar-refractivity contribution in [1.82, 2.24) is 19.3 Å². The van der Waals surface area contributed by atoms with Crippen LogP contribution in [0.3, 0.4) is 0 Å². The maximum absolute atomic E-state index is 6.17. The number of imidazole rings is 1. The van der Waals surface area contributed by atoms with Gasteiger partial charge in [-0.15, -0.1) is 0 Å². The molecule has 1 aliphatic heterocycles. The van der Waals surface area contributed by atoms with Gasteiger partial charge in [-0.2, -0.15) is 5.10 Å². The Morgan fingerprint density at radius 1 is 1.33 bits per heavy atom. The molecule has 1 aliphatic rings. The number of aromatic nitrogens is 4. The van der Waals surface area contributed by atoms with Crippen LogP contribution in [-0.4, -0.2) is 25.9 Å². The molecule has 21 heavy (non-hydrogen) atoms. The van der Waals surface area contributed by atoms with Gasteiger partial charge in [0.1, 0.15) is 12.0 Å². The molecule has 1 aromatic carbocycles. The van der Waals surface area contributed by atoms with Gasteiger partial charge in [0.05, 0.1) is 24.5 Å². The fourth-order valence-corrected chi connectivity index (χ4v) is 2.89. The van der Waals surface area contributed by atoms with Crippen LogP contribution < -0.4 is 4.74 Å². The van der Waals surface area contributed by atoms with Crippen LogP contribution in [0.4, 0.5) is 0 Å². The lowest BCUT2D eigenvalue weighted by Gasteiger charge is -2.09. The number of halogens is 1. The van der Waals surface area contributed by atoms with Gasteiger partial charge >= 0.3 is 0 Å². The topological polar surface area (TPSA) is 44.9 Å². The zero-order valence-corrected chi connectivity index (χ0v) is 12.2. The van der Waals surface area contributed by atoms with Crippen molar-refractivity contribution >= 4 is 11.6 Å². The van der Waals surface area contributed by atoms with Gasteiger partial charge in [0.25, 0.3) is 0 Å². The zero-order valence-electron chi connectivity index (χ0n) is 11.5. The summed E-state index contributed by atoms with van der Waals surface area (Å²) in [6.45, 7) is 3.16. The van der Waals surface area contributed by atoms with E-state index in [2.05, 4.69) is 10.1 Å². The molecule has 0 atom stereocenters. The predicted molar refractivity (Wildman–Crippen MR) is 80.1 cm³/mol. The molecular weight excluding hydrogens is 288 g/mol. The fraction of sp³-hybridized carbons (Fsp3) is 0.200. The van der Waals surface area contributed by atoms with Crippen LogP contribution in [0.2, 0.25) is 5.02 Å². The van der Waals surface area contributed by atoms with E-state index in [9.17, 15) is 0 Å². The summed E-state index contributed by atoms with van der Waals surface area (Å²) in [4.78, 5) is 4.37. The number of hydrogen-bond acceptors (Lipinski definition) is 3. The molecule has 0 radical (unpaired) electrons. The second-order valence-electron chi connectivity index (χ2n) is 4.83. The van der Waals surface area contributed by atoms with Crippen LogP contribution >= 0.6 is 11.6 Å². The van der Waals surface area contributed by atoms with Crippen LogP contribution in [-0.2, 0) is 6.54 Å². The second kappa shape index (κ2) is 4.63. The molecule has 6 heteroatoms. The molecule has 3 heterocycles. The van der Waals surface area contributed by atoms with E-state index in [-0.39, 0.29) is 0 Å². The number of nitrogens with zero attached hydrogens (tertiary/aromatic N) is 4.